The molecule has 0 saturated carbocycles. The quantitative estimate of drug-likeness (QED) is 0.885. The molecule has 0 saturated heterocycles. The van der Waals surface area contributed by atoms with Crippen molar-refractivity contribution in [2.24, 2.45) is 0 Å². The van der Waals surface area contributed by atoms with Crippen LogP contribution in [0.3, 0.4) is 0 Å². The van der Waals surface area contributed by atoms with Gasteiger partial charge in [-0.1, -0.05) is 13.0 Å². The molecular formula is C17H23N3O2. The summed E-state index contributed by atoms with van der Waals surface area (Å²) in [5.41, 5.74) is 1.96. The molecule has 0 aliphatic heterocycles. The van der Waals surface area contributed by atoms with E-state index >= 15 is 0 Å². The molecule has 1 unspecified atom stereocenters. The van der Waals surface area contributed by atoms with Crippen LogP contribution >= 0.6 is 0 Å². The summed E-state index contributed by atoms with van der Waals surface area (Å²) in [6.45, 7) is 7.12. The summed E-state index contributed by atoms with van der Waals surface area (Å²) >= 11 is 0. The van der Waals surface area contributed by atoms with Crippen LogP contribution < -0.4 is 5.32 Å². The molecule has 22 heavy (non-hydrogen) atoms. The van der Waals surface area contributed by atoms with Crippen LogP contribution in [0.15, 0.2) is 41.1 Å². The Labute approximate surface area is 131 Å². The molecule has 2 aromatic heterocycles. The van der Waals surface area contributed by atoms with Crippen LogP contribution in [0.4, 0.5) is 4.79 Å². The first-order valence-corrected chi connectivity index (χ1v) is 7.60. The highest BCUT2D eigenvalue weighted by molar-refractivity contribution is 5.74. The number of amides is 2. The minimum Gasteiger partial charge on any atom is -0.467 e. The van der Waals surface area contributed by atoms with Gasteiger partial charge in [-0.15, -0.1) is 0 Å². The molecular weight excluding hydrogens is 278 g/mol. The van der Waals surface area contributed by atoms with E-state index < -0.39 is 0 Å². The monoisotopic (exact) mass is 301 g/mol. The van der Waals surface area contributed by atoms with E-state index in [9.17, 15) is 4.79 Å². The summed E-state index contributed by atoms with van der Waals surface area (Å²) in [6.07, 6.45) is 4.32. The Kier molecular flexibility index (Phi) is 5.58. The van der Waals surface area contributed by atoms with Crippen molar-refractivity contribution in [2.75, 3.05) is 6.54 Å². The van der Waals surface area contributed by atoms with Gasteiger partial charge in [0.25, 0.3) is 0 Å². The largest absolute Gasteiger partial charge is 0.467 e. The highest BCUT2D eigenvalue weighted by Gasteiger charge is 2.17. The highest BCUT2D eigenvalue weighted by Crippen LogP contribution is 2.13. The Bertz CT molecular complexity index is 578. The number of urea groups is 1. The third kappa shape index (κ3) is 4.35. The van der Waals surface area contributed by atoms with Gasteiger partial charge in [-0.05, 0) is 44.0 Å². The number of nitrogens with zero attached hydrogens (tertiary/aromatic N) is 2. The molecule has 0 fully saturated rings. The van der Waals surface area contributed by atoms with Crippen LogP contribution in [0.5, 0.6) is 0 Å². The van der Waals surface area contributed by atoms with Gasteiger partial charge in [0.15, 0.2) is 0 Å². The molecule has 0 radical (unpaired) electrons. The average molecular weight is 301 g/mol. The molecule has 5 heteroatoms. The van der Waals surface area contributed by atoms with Gasteiger partial charge in [0, 0.05) is 18.4 Å². The maximum atomic E-state index is 12.5. The molecule has 0 aliphatic rings. The second-order valence-corrected chi connectivity index (χ2v) is 5.41. The van der Waals surface area contributed by atoms with Crippen molar-refractivity contribution in [1.82, 2.24) is 15.2 Å². The van der Waals surface area contributed by atoms with Crippen molar-refractivity contribution < 1.29 is 9.21 Å². The van der Waals surface area contributed by atoms with Crippen LogP contribution in [-0.4, -0.2) is 22.5 Å². The average Bonchev–Trinajstić information content (AvgIpc) is 3.00. The maximum absolute atomic E-state index is 12.5. The van der Waals surface area contributed by atoms with E-state index in [0.717, 1.165) is 23.4 Å². The van der Waals surface area contributed by atoms with Gasteiger partial charge in [-0.25, -0.2) is 4.79 Å². The summed E-state index contributed by atoms with van der Waals surface area (Å²) < 4.78 is 5.33. The van der Waals surface area contributed by atoms with Crippen molar-refractivity contribution >= 4 is 6.03 Å². The fourth-order valence-electron chi connectivity index (χ4n) is 2.21. The second kappa shape index (κ2) is 7.64. The van der Waals surface area contributed by atoms with Crippen LogP contribution in [0.2, 0.25) is 0 Å². The van der Waals surface area contributed by atoms with E-state index in [4.69, 9.17) is 4.42 Å². The number of pyridine rings is 1. The highest BCUT2D eigenvalue weighted by atomic mass is 16.3. The van der Waals surface area contributed by atoms with Crippen LogP contribution in [0.1, 0.15) is 43.3 Å². The predicted octanol–water partition coefficient (Wildman–Crippen LogP) is 3.67. The molecule has 0 spiro atoms. The van der Waals surface area contributed by atoms with E-state index in [0.29, 0.717) is 13.1 Å². The molecule has 0 aromatic carbocycles. The smallest absolute Gasteiger partial charge is 0.318 e. The van der Waals surface area contributed by atoms with Gasteiger partial charge in [0.2, 0.25) is 0 Å². The molecule has 1 atom stereocenters. The Morgan fingerprint density at radius 3 is 2.82 bits per heavy atom. The lowest BCUT2D eigenvalue weighted by molar-refractivity contribution is 0.187. The first-order chi connectivity index (χ1) is 10.6. The van der Waals surface area contributed by atoms with Gasteiger partial charge < -0.3 is 14.6 Å². The minimum absolute atomic E-state index is 0.0865. The summed E-state index contributed by atoms with van der Waals surface area (Å²) in [7, 11) is 0. The van der Waals surface area contributed by atoms with Crippen molar-refractivity contribution in [1.29, 1.82) is 0 Å². The lowest BCUT2D eigenvalue weighted by Gasteiger charge is -2.24. The van der Waals surface area contributed by atoms with Gasteiger partial charge in [-0.3, -0.25) is 4.98 Å². The van der Waals surface area contributed by atoms with Crippen molar-refractivity contribution in [3.05, 3.63) is 53.7 Å². The molecule has 5 nitrogen and oxygen atoms in total. The number of aromatic nitrogens is 1. The zero-order valence-electron chi connectivity index (χ0n) is 13.4. The first-order valence-electron chi connectivity index (χ1n) is 7.60. The van der Waals surface area contributed by atoms with E-state index in [1.54, 1.807) is 17.4 Å². The Morgan fingerprint density at radius 2 is 2.23 bits per heavy atom. The van der Waals surface area contributed by atoms with Crippen molar-refractivity contribution in [3.63, 3.8) is 0 Å². The van der Waals surface area contributed by atoms with Gasteiger partial charge >= 0.3 is 6.03 Å². The maximum Gasteiger partial charge on any atom is 0.318 e. The Balaban J connectivity index is 1.99. The lowest BCUT2D eigenvalue weighted by atomic mass is 10.1. The number of carbonyl (C=O) groups is 1. The third-order valence-corrected chi connectivity index (χ3v) is 3.48. The third-order valence-electron chi connectivity index (χ3n) is 3.48. The topological polar surface area (TPSA) is 58.4 Å². The predicted molar refractivity (Wildman–Crippen MR) is 85.3 cm³/mol. The van der Waals surface area contributed by atoms with E-state index in [2.05, 4.69) is 17.2 Å². The molecule has 0 aliphatic carbocycles. The fraction of sp³-hybridized carbons (Fsp3) is 0.412. The van der Waals surface area contributed by atoms with Crippen LogP contribution in [-0.2, 0) is 6.54 Å². The SMILES string of the molecule is CCCN(Cc1ccco1)C(=O)NC(C)c1ccc(C)nc1. The normalized spacial score (nSPS) is 12.0. The fourth-order valence-corrected chi connectivity index (χ4v) is 2.21. The van der Waals surface area contributed by atoms with E-state index in [-0.39, 0.29) is 12.1 Å². The number of hydrogen-bond donors (Lipinski definition) is 1. The molecule has 2 amide bonds. The summed E-state index contributed by atoms with van der Waals surface area (Å²) in [6, 6.07) is 7.47. The van der Waals surface area contributed by atoms with Crippen LogP contribution in [0.25, 0.3) is 0 Å². The van der Waals surface area contributed by atoms with Gasteiger partial charge in [0.05, 0.1) is 18.8 Å². The second-order valence-electron chi connectivity index (χ2n) is 5.41. The zero-order valence-corrected chi connectivity index (χ0v) is 13.4. The molecule has 2 rings (SSSR count). The summed E-state index contributed by atoms with van der Waals surface area (Å²) in [5.74, 6) is 0.785. The molecule has 2 aromatic rings. The first kappa shape index (κ1) is 16.1. The van der Waals surface area contributed by atoms with E-state index in [1.807, 2.05) is 38.1 Å². The molecule has 0 bridgehead atoms. The molecule has 1 N–H and O–H groups in total. The number of furan rings is 1. The number of aryl methyl sites for hydroxylation is 1. The van der Waals surface area contributed by atoms with Crippen molar-refractivity contribution in [3.8, 4) is 0 Å². The number of hydrogen-bond acceptors (Lipinski definition) is 3. The van der Waals surface area contributed by atoms with Gasteiger partial charge in [0.1, 0.15) is 5.76 Å². The summed E-state index contributed by atoms with van der Waals surface area (Å²) in [5, 5.41) is 3.02. The van der Waals surface area contributed by atoms with Crippen molar-refractivity contribution in [2.45, 2.75) is 39.8 Å². The number of rotatable bonds is 6. The van der Waals surface area contributed by atoms with E-state index in [1.165, 1.54) is 0 Å². The lowest BCUT2D eigenvalue weighted by Crippen LogP contribution is -2.41. The standard InChI is InChI=1S/C17H23N3O2/c1-4-9-20(12-16-6-5-10-22-16)17(21)19-14(3)15-8-7-13(2)18-11-15/h5-8,10-11,14H,4,9,12H2,1-3H3,(H,19,21). The number of nitrogens with one attached hydrogen (secondary N) is 1. The molecule has 2 heterocycles. The molecule has 118 valence electrons. The Hall–Kier alpha value is -2.30. The van der Waals surface area contributed by atoms with Crippen LogP contribution in [0, 0.1) is 6.92 Å². The summed E-state index contributed by atoms with van der Waals surface area (Å²) in [4.78, 5) is 18.5. The number of carbonyl (C=O) groups excluding carboxylic acids is 1. The van der Waals surface area contributed by atoms with Gasteiger partial charge in [-0.2, -0.15) is 0 Å². The zero-order chi connectivity index (χ0) is 15.9. The minimum atomic E-state index is -0.0914. The Morgan fingerprint density at radius 1 is 1.41 bits per heavy atom.